The van der Waals surface area contributed by atoms with Crippen LogP contribution in [-0.4, -0.2) is 59.8 Å². The van der Waals surface area contributed by atoms with Crippen molar-refractivity contribution in [3.8, 4) is 0 Å². The van der Waals surface area contributed by atoms with Gasteiger partial charge in [-0.25, -0.2) is 9.51 Å². The Labute approximate surface area is 153 Å². The number of anilines is 1. The van der Waals surface area contributed by atoms with Crippen LogP contribution in [0.15, 0.2) is 53.3 Å². The summed E-state index contributed by atoms with van der Waals surface area (Å²) in [4.78, 5) is 16.1. The molecule has 0 fully saturated rings. The lowest BCUT2D eigenvalue weighted by atomic mass is 10.1. The zero-order valence-electron chi connectivity index (χ0n) is 15.4. The van der Waals surface area contributed by atoms with Crippen molar-refractivity contribution in [3.05, 3.63) is 48.3 Å². The molecule has 0 radical (unpaired) electrons. The third-order valence-corrected chi connectivity index (χ3v) is 4.04. The molecule has 26 heavy (non-hydrogen) atoms. The second kappa shape index (κ2) is 7.13. The molecule has 0 atom stereocenters. The van der Waals surface area contributed by atoms with Gasteiger partial charge >= 0.3 is 0 Å². The van der Waals surface area contributed by atoms with E-state index in [4.69, 9.17) is 5.73 Å². The summed E-state index contributed by atoms with van der Waals surface area (Å²) in [5.74, 6) is 0.586. The number of aromatic nitrogens is 2. The molecule has 1 aliphatic rings. The molecule has 0 amide bonds. The van der Waals surface area contributed by atoms with Gasteiger partial charge < -0.3 is 15.5 Å². The number of fused-ring (bicyclic) bond motifs is 1. The average molecular weight is 353 g/mol. The summed E-state index contributed by atoms with van der Waals surface area (Å²) in [6.07, 6.45) is 7.40. The molecule has 2 heterocycles. The van der Waals surface area contributed by atoms with Crippen molar-refractivity contribution in [2.75, 3.05) is 39.5 Å². The fourth-order valence-electron chi connectivity index (χ4n) is 2.73. The Balaban J connectivity index is 1.89. The van der Waals surface area contributed by atoms with E-state index in [1.807, 2.05) is 24.4 Å². The molecule has 0 saturated heterocycles. The van der Waals surface area contributed by atoms with Crippen molar-refractivity contribution in [2.45, 2.75) is 6.42 Å². The Hall–Kier alpha value is -2.93. The Kier molecular flexibility index (Phi) is 4.90. The highest BCUT2D eigenvalue weighted by Crippen LogP contribution is 2.30. The number of hydrogen-bond donors (Lipinski definition) is 2. The van der Waals surface area contributed by atoms with Crippen LogP contribution in [-0.2, 0) is 4.79 Å². The molecule has 1 aliphatic carbocycles. The van der Waals surface area contributed by atoms with Crippen LogP contribution in [0.2, 0.25) is 0 Å². The molecule has 0 aliphatic heterocycles. The van der Waals surface area contributed by atoms with Crippen molar-refractivity contribution in [2.24, 2.45) is 10.7 Å². The van der Waals surface area contributed by atoms with E-state index in [1.165, 1.54) is 12.2 Å². The fourth-order valence-corrected chi connectivity index (χ4v) is 2.73. The van der Waals surface area contributed by atoms with E-state index >= 15 is 0 Å². The summed E-state index contributed by atoms with van der Waals surface area (Å²) in [5, 5.41) is 7.98. The molecule has 7 nitrogen and oxygen atoms in total. The monoisotopic (exact) mass is 353 g/mol. The lowest BCUT2D eigenvalue weighted by Gasteiger charge is -2.23. The molecular weight excluding hydrogens is 328 g/mol. The topological polar surface area (TPSA) is 84.8 Å². The summed E-state index contributed by atoms with van der Waals surface area (Å²) in [6, 6.07) is 5.83. The van der Waals surface area contributed by atoms with E-state index in [9.17, 15) is 4.79 Å². The van der Waals surface area contributed by atoms with E-state index < -0.39 is 0 Å². The van der Waals surface area contributed by atoms with Gasteiger partial charge in [-0.2, -0.15) is 0 Å². The van der Waals surface area contributed by atoms with Gasteiger partial charge in [-0.3, -0.25) is 4.79 Å². The molecule has 0 saturated carbocycles. The van der Waals surface area contributed by atoms with Gasteiger partial charge in [0.2, 0.25) is 0 Å². The number of aliphatic imine (C=N–C) groups is 1. The fraction of sp³-hybridized carbons (Fsp3) is 0.316. The van der Waals surface area contributed by atoms with E-state index in [0.717, 1.165) is 35.2 Å². The van der Waals surface area contributed by atoms with Gasteiger partial charge in [-0.15, -0.1) is 5.10 Å². The van der Waals surface area contributed by atoms with E-state index in [-0.39, 0.29) is 5.78 Å². The Bertz CT molecular complexity index is 914. The second-order valence-corrected chi connectivity index (χ2v) is 7.35. The van der Waals surface area contributed by atoms with Crippen LogP contribution in [0.25, 0.3) is 5.52 Å². The molecule has 2 aromatic heterocycles. The lowest BCUT2D eigenvalue weighted by Crippen LogP contribution is -2.36. The first-order chi connectivity index (χ1) is 12.3. The number of rotatable bonds is 6. The number of pyridine rings is 1. The summed E-state index contributed by atoms with van der Waals surface area (Å²) in [5.41, 5.74) is 8.50. The van der Waals surface area contributed by atoms with Gasteiger partial charge in [-0.1, -0.05) is 6.07 Å². The number of hydrogen-bond acceptors (Lipinski definition) is 5. The van der Waals surface area contributed by atoms with Crippen LogP contribution in [0, 0.1) is 0 Å². The summed E-state index contributed by atoms with van der Waals surface area (Å²) in [7, 11) is 6.52. The number of carbonyl (C=O) groups excluding carboxylic acids is 1. The molecule has 0 unspecified atom stereocenters. The molecular formula is C19H25N6O+. The minimum absolute atomic E-state index is 0.125. The number of nitrogens with two attached hydrogens (primary N) is 1. The number of quaternary nitrogens is 1. The molecule has 136 valence electrons. The Morgan fingerprint density at radius 2 is 2.08 bits per heavy atom. The molecule has 7 heteroatoms. The van der Waals surface area contributed by atoms with Crippen molar-refractivity contribution in [3.63, 3.8) is 0 Å². The number of ketones is 1. The molecule has 3 rings (SSSR count). The first kappa shape index (κ1) is 17.9. The maximum absolute atomic E-state index is 11.4. The zero-order valence-corrected chi connectivity index (χ0v) is 15.4. The van der Waals surface area contributed by atoms with Gasteiger partial charge in [-0.05, 0) is 24.3 Å². The van der Waals surface area contributed by atoms with Crippen LogP contribution in [0.3, 0.4) is 0 Å². The predicted octanol–water partition coefficient (Wildman–Crippen LogP) is 1.90. The normalized spacial score (nSPS) is 16.3. The Morgan fingerprint density at radius 1 is 1.27 bits per heavy atom. The third kappa shape index (κ3) is 4.18. The quantitative estimate of drug-likeness (QED) is 0.472. The van der Waals surface area contributed by atoms with Gasteiger partial charge in [0.25, 0.3) is 0 Å². The maximum atomic E-state index is 11.4. The summed E-state index contributed by atoms with van der Waals surface area (Å²) < 4.78 is 2.71. The van der Waals surface area contributed by atoms with Crippen LogP contribution < -0.4 is 11.1 Å². The first-order valence-corrected chi connectivity index (χ1v) is 8.63. The van der Waals surface area contributed by atoms with Gasteiger partial charge in [0.1, 0.15) is 5.69 Å². The highest BCUT2D eigenvalue weighted by molar-refractivity contribution is 6.20. The summed E-state index contributed by atoms with van der Waals surface area (Å²) in [6.45, 7) is 1.86. The standard InChI is InChI=1S/C19H24N6O/c1-25(2,3)12-6-10-21-19-18(17-7-4-5-11-24(17)23-19)22-16-9-8-14(26)13-15(16)20/h4-5,7-9,11,13H,6,10,12H2,1-3H3,(H2-,20,21,23,26)/p+1/b22-16+. The van der Waals surface area contributed by atoms with Crippen LogP contribution in [0.1, 0.15) is 6.42 Å². The largest absolute Gasteiger partial charge is 0.397 e. The lowest BCUT2D eigenvalue weighted by molar-refractivity contribution is -0.870. The highest BCUT2D eigenvalue weighted by Gasteiger charge is 2.15. The van der Waals surface area contributed by atoms with Gasteiger partial charge in [0.15, 0.2) is 11.6 Å². The average Bonchev–Trinajstić information content (AvgIpc) is 2.91. The van der Waals surface area contributed by atoms with Crippen molar-refractivity contribution < 1.29 is 9.28 Å². The highest BCUT2D eigenvalue weighted by atomic mass is 16.1. The smallest absolute Gasteiger partial charge is 0.180 e. The molecule has 3 N–H and O–H groups in total. The third-order valence-electron chi connectivity index (χ3n) is 4.04. The van der Waals surface area contributed by atoms with Crippen LogP contribution >= 0.6 is 0 Å². The number of nitrogens with one attached hydrogen (secondary N) is 1. The SMILES string of the molecule is C[N+](C)(C)CCCNc1nn2ccccc2c1/N=C1\C=CC(=O)C=C1N. The van der Waals surface area contributed by atoms with E-state index in [2.05, 4.69) is 36.6 Å². The minimum Gasteiger partial charge on any atom is -0.397 e. The molecule has 0 aromatic carbocycles. The van der Waals surface area contributed by atoms with Crippen molar-refractivity contribution >= 4 is 28.5 Å². The second-order valence-electron chi connectivity index (χ2n) is 7.35. The predicted molar refractivity (Wildman–Crippen MR) is 105 cm³/mol. The number of carbonyl (C=O) groups is 1. The number of allylic oxidation sites excluding steroid dienone is 3. The van der Waals surface area contributed by atoms with Gasteiger partial charge in [0.05, 0.1) is 44.6 Å². The van der Waals surface area contributed by atoms with Gasteiger partial charge in [0, 0.05) is 25.2 Å². The van der Waals surface area contributed by atoms with Crippen molar-refractivity contribution in [1.29, 1.82) is 0 Å². The molecule has 0 bridgehead atoms. The first-order valence-electron chi connectivity index (χ1n) is 8.63. The summed E-state index contributed by atoms with van der Waals surface area (Å²) >= 11 is 0. The zero-order chi connectivity index (χ0) is 18.7. The maximum Gasteiger partial charge on any atom is 0.180 e. The van der Waals surface area contributed by atoms with E-state index in [0.29, 0.717) is 17.2 Å². The Morgan fingerprint density at radius 3 is 2.81 bits per heavy atom. The van der Waals surface area contributed by atoms with Crippen molar-refractivity contribution in [1.82, 2.24) is 9.61 Å². The number of nitrogens with zero attached hydrogens (tertiary/aromatic N) is 4. The molecule has 2 aromatic rings. The van der Waals surface area contributed by atoms with Crippen LogP contribution in [0.5, 0.6) is 0 Å². The van der Waals surface area contributed by atoms with Crippen LogP contribution in [0.4, 0.5) is 11.5 Å². The van der Waals surface area contributed by atoms with E-state index in [1.54, 1.807) is 10.6 Å². The minimum atomic E-state index is -0.125. The molecule has 0 spiro atoms.